The third-order valence-electron chi connectivity index (χ3n) is 5.86. The number of aryl methyl sites for hydroxylation is 1. The van der Waals surface area contributed by atoms with E-state index in [1.54, 1.807) is 47.5 Å². The van der Waals surface area contributed by atoms with Crippen molar-refractivity contribution < 1.29 is 33.1 Å². The number of imidazole rings is 1. The number of carbonyl (C=O) groups is 3. The number of esters is 2. The maximum atomic E-state index is 13.4. The molecule has 3 aliphatic rings. The lowest BCUT2D eigenvalue weighted by Gasteiger charge is -2.51. The van der Waals surface area contributed by atoms with Crippen molar-refractivity contribution in [3.63, 3.8) is 0 Å². The summed E-state index contributed by atoms with van der Waals surface area (Å²) in [6.45, 7) is 1.81. The lowest BCUT2D eigenvalue weighted by molar-refractivity contribution is -0.163. The van der Waals surface area contributed by atoms with Crippen molar-refractivity contribution in [3.8, 4) is 5.75 Å². The van der Waals surface area contributed by atoms with Crippen molar-refractivity contribution in [1.29, 1.82) is 0 Å². The molecule has 10 nitrogen and oxygen atoms in total. The summed E-state index contributed by atoms with van der Waals surface area (Å²) >= 11 is 3.51. The quantitative estimate of drug-likeness (QED) is 0.209. The number of benzene rings is 1. The van der Waals surface area contributed by atoms with E-state index >= 15 is 0 Å². The van der Waals surface area contributed by atoms with Crippen LogP contribution in [0.15, 0.2) is 46.7 Å². The van der Waals surface area contributed by atoms with Crippen molar-refractivity contribution >= 4 is 56.7 Å². The first-order valence-corrected chi connectivity index (χ1v) is 13.6. The lowest BCUT2D eigenvalue weighted by atomic mass is 9.89. The number of halogens is 1. The minimum Gasteiger partial charge on any atom is -0.609 e. The molecule has 0 N–H and O–H groups in total. The number of hydrogen-bond donors (Lipinski definition) is 0. The average molecular weight is 582 g/mol. The number of ether oxygens (including phenoxy) is 3. The van der Waals surface area contributed by atoms with Gasteiger partial charge in [-0.25, -0.2) is 4.79 Å². The maximum absolute atomic E-state index is 13.4. The van der Waals surface area contributed by atoms with Crippen molar-refractivity contribution in [3.05, 3.63) is 52.8 Å². The van der Waals surface area contributed by atoms with E-state index in [9.17, 15) is 18.9 Å². The Labute approximate surface area is 216 Å². The van der Waals surface area contributed by atoms with Gasteiger partial charge in [-0.1, -0.05) is 28.1 Å². The first kappa shape index (κ1) is 24.2. The fourth-order valence-corrected chi connectivity index (χ4v) is 7.55. The molecular formula is C22H20BrN3O7S2. The maximum Gasteiger partial charge on any atom is 0.355 e. The molecule has 0 saturated carbocycles. The molecule has 184 valence electrons. The minimum absolute atomic E-state index is 0.0322. The Balaban J connectivity index is 1.32. The summed E-state index contributed by atoms with van der Waals surface area (Å²) < 4.78 is 28.6. The highest BCUT2D eigenvalue weighted by Gasteiger charge is 2.69. The van der Waals surface area contributed by atoms with Crippen molar-refractivity contribution in [2.24, 2.45) is 0 Å². The van der Waals surface area contributed by atoms with E-state index in [-0.39, 0.29) is 12.3 Å². The molecule has 0 bridgehead atoms. The molecule has 3 aliphatic heterocycles. The second kappa shape index (κ2) is 9.19. The molecule has 0 spiro atoms. The molecule has 1 fully saturated rings. The van der Waals surface area contributed by atoms with Gasteiger partial charge in [0.2, 0.25) is 0 Å². The smallest absolute Gasteiger partial charge is 0.355 e. The molecule has 4 atom stereocenters. The van der Waals surface area contributed by atoms with Crippen LogP contribution in [-0.4, -0.2) is 59.4 Å². The molecule has 2 aromatic rings. The van der Waals surface area contributed by atoms with Gasteiger partial charge in [-0.3, -0.25) is 19.1 Å². The highest BCUT2D eigenvalue weighted by atomic mass is 79.9. The van der Waals surface area contributed by atoms with Gasteiger partial charge in [0.25, 0.3) is 5.91 Å². The average Bonchev–Trinajstić information content (AvgIpc) is 3.55. The number of nitrogens with zero attached hydrogens (tertiary/aromatic N) is 3. The number of amides is 1. The SMILES string of the molecule is COc1ccc(COC(=O)C2=CS[C@H]3N2C(=O)C3(Br)C(OC(C)=O)c2cn3c(n2)[S+]([O-])CC3)cc1. The van der Waals surface area contributed by atoms with Gasteiger partial charge in [-0.05, 0) is 17.7 Å². The highest BCUT2D eigenvalue weighted by Crippen LogP contribution is 2.58. The molecule has 3 unspecified atom stereocenters. The predicted molar refractivity (Wildman–Crippen MR) is 129 cm³/mol. The number of rotatable bonds is 7. The normalized spacial score (nSPS) is 25.3. The van der Waals surface area contributed by atoms with Gasteiger partial charge in [0.05, 0.1) is 13.7 Å². The number of thioether (sulfide) groups is 1. The first-order chi connectivity index (χ1) is 16.7. The van der Waals surface area contributed by atoms with E-state index in [1.807, 2.05) is 0 Å². The largest absolute Gasteiger partial charge is 0.609 e. The van der Waals surface area contributed by atoms with Crippen molar-refractivity contribution in [2.45, 2.75) is 41.0 Å². The summed E-state index contributed by atoms with van der Waals surface area (Å²) in [6, 6.07) is 7.09. The monoisotopic (exact) mass is 581 g/mol. The molecule has 1 amide bonds. The first-order valence-electron chi connectivity index (χ1n) is 10.5. The van der Waals surface area contributed by atoms with E-state index in [2.05, 4.69) is 20.9 Å². The number of hydrogen-bond acceptors (Lipinski definition) is 9. The third kappa shape index (κ3) is 4.03. The van der Waals surface area contributed by atoms with Crippen LogP contribution >= 0.6 is 27.7 Å². The van der Waals surface area contributed by atoms with E-state index < -0.39 is 44.8 Å². The standard InChI is InChI=1S/C22H20BrN3O7S2/c1-12(27)33-17(15-9-25-7-8-35(30)21(25)24-15)22(23)19(29)26-16(11-34-20(22)26)18(28)32-10-13-3-5-14(31-2)6-4-13/h3-6,9,11,17,20H,7-8,10H2,1-2H3/t17?,20-,22?,35?/m1/s1. The zero-order valence-electron chi connectivity index (χ0n) is 18.6. The minimum atomic E-state index is -1.35. The molecule has 0 radical (unpaired) electrons. The number of β-lactam (4-membered cyclic amide) rings is 1. The Morgan fingerprint density at radius 2 is 2.11 bits per heavy atom. The second-order valence-electron chi connectivity index (χ2n) is 8.04. The van der Waals surface area contributed by atoms with Crippen LogP contribution in [0, 0.1) is 0 Å². The predicted octanol–water partition coefficient (Wildman–Crippen LogP) is 2.25. The van der Waals surface area contributed by atoms with Gasteiger partial charge in [0, 0.05) is 29.7 Å². The van der Waals surface area contributed by atoms with Crippen LogP contribution in [0.25, 0.3) is 0 Å². The Hall–Kier alpha value is -2.48. The van der Waals surface area contributed by atoms with Gasteiger partial charge in [-0.2, -0.15) is 4.98 Å². The van der Waals surface area contributed by atoms with Gasteiger partial charge in [-0.15, -0.1) is 11.8 Å². The molecule has 1 aromatic heterocycles. The number of alkyl halides is 1. The number of aromatic nitrogens is 2. The fraction of sp³-hybridized carbons (Fsp3) is 0.364. The van der Waals surface area contributed by atoms with Crippen LogP contribution in [0.5, 0.6) is 5.75 Å². The third-order valence-corrected chi connectivity index (χ3v) is 9.84. The summed E-state index contributed by atoms with van der Waals surface area (Å²) in [7, 11) is 1.57. The summed E-state index contributed by atoms with van der Waals surface area (Å²) in [5, 5.41) is 1.39. The molecule has 5 rings (SSSR count). The molecular weight excluding hydrogens is 562 g/mol. The van der Waals surface area contributed by atoms with Crippen LogP contribution < -0.4 is 4.74 Å². The topological polar surface area (TPSA) is 123 Å². The Morgan fingerprint density at radius 1 is 1.37 bits per heavy atom. The van der Waals surface area contributed by atoms with Crippen LogP contribution in [0.3, 0.4) is 0 Å². The van der Waals surface area contributed by atoms with Crippen LogP contribution in [-0.2, 0) is 48.2 Å². The molecule has 4 heterocycles. The summed E-state index contributed by atoms with van der Waals surface area (Å²) in [6.07, 6.45) is 0.587. The van der Waals surface area contributed by atoms with E-state index in [1.165, 1.54) is 23.6 Å². The summed E-state index contributed by atoms with van der Waals surface area (Å²) in [4.78, 5) is 43.8. The molecule has 1 aromatic carbocycles. The highest BCUT2D eigenvalue weighted by molar-refractivity contribution is 9.10. The molecule has 13 heteroatoms. The van der Waals surface area contributed by atoms with Gasteiger partial charge in [0.1, 0.15) is 34.9 Å². The van der Waals surface area contributed by atoms with Gasteiger partial charge < -0.3 is 18.8 Å². The van der Waals surface area contributed by atoms with E-state index in [4.69, 9.17) is 14.2 Å². The second-order valence-corrected chi connectivity index (χ2v) is 11.8. The summed E-state index contributed by atoms with van der Waals surface area (Å²) in [5.41, 5.74) is 1.21. The number of fused-ring (bicyclic) bond motifs is 2. The zero-order chi connectivity index (χ0) is 24.9. The Morgan fingerprint density at radius 3 is 2.77 bits per heavy atom. The van der Waals surface area contributed by atoms with E-state index in [0.29, 0.717) is 28.9 Å². The molecule has 35 heavy (non-hydrogen) atoms. The van der Waals surface area contributed by atoms with Crippen LogP contribution in [0.4, 0.5) is 0 Å². The lowest BCUT2D eigenvalue weighted by Crippen LogP contribution is -2.70. The summed E-state index contributed by atoms with van der Waals surface area (Å²) in [5.74, 6) is -0.532. The van der Waals surface area contributed by atoms with Crippen LogP contribution in [0.2, 0.25) is 0 Å². The zero-order valence-corrected chi connectivity index (χ0v) is 21.9. The number of carbonyl (C=O) groups excluding carboxylic acids is 3. The number of methoxy groups -OCH3 is 1. The Kier molecular flexibility index (Phi) is 6.36. The molecule has 0 aliphatic carbocycles. The molecule has 1 saturated heterocycles. The fourth-order valence-electron chi connectivity index (χ4n) is 4.12. The Bertz CT molecular complexity index is 1230. The van der Waals surface area contributed by atoms with E-state index in [0.717, 1.165) is 5.56 Å². The van der Waals surface area contributed by atoms with Gasteiger partial charge in [0.15, 0.2) is 10.4 Å². The van der Waals surface area contributed by atoms with Crippen molar-refractivity contribution in [2.75, 3.05) is 12.9 Å². The van der Waals surface area contributed by atoms with Crippen LogP contribution in [0.1, 0.15) is 24.3 Å². The van der Waals surface area contributed by atoms with Crippen molar-refractivity contribution in [1.82, 2.24) is 14.5 Å². The van der Waals surface area contributed by atoms with Gasteiger partial charge >= 0.3 is 17.1 Å².